The second-order valence-electron chi connectivity index (χ2n) is 5.57. The first kappa shape index (κ1) is 16.1. The maximum Gasteiger partial charge on any atom is 0.270 e. The Morgan fingerprint density at radius 1 is 1.09 bits per heavy atom. The standard InChI is InChI=1S/C15H23N5O3/c21-15(16-1-2-19-3-7-22-8-4-19)13-11-14(18-12-17-13)20-5-9-23-10-6-20/h11-12H,1-10H2,(H,16,21). The van der Waals surface area contributed by atoms with Gasteiger partial charge in [-0.1, -0.05) is 0 Å². The predicted molar refractivity (Wildman–Crippen MR) is 84.7 cm³/mol. The third kappa shape index (κ3) is 4.60. The number of hydrogen-bond acceptors (Lipinski definition) is 7. The molecule has 0 saturated carbocycles. The van der Waals surface area contributed by atoms with E-state index in [1.807, 2.05) is 0 Å². The van der Waals surface area contributed by atoms with Gasteiger partial charge in [-0.3, -0.25) is 9.69 Å². The van der Waals surface area contributed by atoms with Crippen LogP contribution in [0.3, 0.4) is 0 Å². The Labute approximate surface area is 135 Å². The van der Waals surface area contributed by atoms with Crippen LogP contribution in [0.4, 0.5) is 5.82 Å². The average Bonchev–Trinajstić information content (AvgIpc) is 2.63. The van der Waals surface area contributed by atoms with E-state index in [1.165, 1.54) is 6.33 Å². The Hall–Kier alpha value is -1.77. The Bertz CT molecular complexity index is 516. The summed E-state index contributed by atoms with van der Waals surface area (Å²) in [5.41, 5.74) is 0.406. The molecule has 8 heteroatoms. The highest BCUT2D eigenvalue weighted by atomic mass is 16.5. The fraction of sp³-hybridized carbons (Fsp3) is 0.667. The number of anilines is 1. The number of nitrogens with one attached hydrogen (secondary N) is 1. The lowest BCUT2D eigenvalue weighted by atomic mass is 10.3. The van der Waals surface area contributed by atoms with E-state index in [9.17, 15) is 4.79 Å². The number of ether oxygens (including phenoxy) is 2. The van der Waals surface area contributed by atoms with E-state index in [4.69, 9.17) is 9.47 Å². The average molecular weight is 321 g/mol. The van der Waals surface area contributed by atoms with Crippen LogP contribution in [0.5, 0.6) is 0 Å². The number of nitrogens with zero attached hydrogens (tertiary/aromatic N) is 4. The smallest absolute Gasteiger partial charge is 0.270 e. The van der Waals surface area contributed by atoms with E-state index in [0.29, 0.717) is 25.5 Å². The van der Waals surface area contributed by atoms with E-state index in [1.54, 1.807) is 6.07 Å². The van der Waals surface area contributed by atoms with E-state index in [0.717, 1.165) is 51.8 Å². The van der Waals surface area contributed by atoms with Crippen LogP contribution in [0, 0.1) is 0 Å². The summed E-state index contributed by atoms with van der Waals surface area (Å²) in [7, 11) is 0. The molecule has 3 rings (SSSR count). The van der Waals surface area contributed by atoms with Crippen molar-refractivity contribution in [1.29, 1.82) is 0 Å². The van der Waals surface area contributed by atoms with Gasteiger partial charge in [0.05, 0.1) is 26.4 Å². The highest BCUT2D eigenvalue weighted by molar-refractivity contribution is 5.92. The molecule has 0 radical (unpaired) electrons. The normalized spacial score (nSPS) is 19.6. The van der Waals surface area contributed by atoms with Crippen molar-refractivity contribution >= 4 is 11.7 Å². The molecule has 0 aromatic carbocycles. The number of amides is 1. The maximum atomic E-state index is 12.2. The minimum Gasteiger partial charge on any atom is -0.379 e. The molecular weight excluding hydrogens is 298 g/mol. The molecule has 0 bridgehead atoms. The molecule has 0 aliphatic carbocycles. The van der Waals surface area contributed by atoms with E-state index >= 15 is 0 Å². The zero-order chi connectivity index (χ0) is 15.9. The van der Waals surface area contributed by atoms with Crippen LogP contribution in [-0.2, 0) is 9.47 Å². The molecule has 1 N–H and O–H groups in total. The van der Waals surface area contributed by atoms with Gasteiger partial charge < -0.3 is 19.7 Å². The van der Waals surface area contributed by atoms with Crippen molar-refractivity contribution in [2.75, 3.05) is 70.6 Å². The van der Waals surface area contributed by atoms with E-state index < -0.39 is 0 Å². The van der Waals surface area contributed by atoms with Crippen molar-refractivity contribution in [1.82, 2.24) is 20.2 Å². The van der Waals surface area contributed by atoms with Gasteiger partial charge >= 0.3 is 0 Å². The quantitative estimate of drug-likeness (QED) is 0.774. The summed E-state index contributed by atoms with van der Waals surface area (Å²) in [6.07, 6.45) is 1.45. The van der Waals surface area contributed by atoms with Gasteiger partial charge in [0.2, 0.25) is 0 Å². The zero-order valence-corrected chi connectivity index (χ0v) is 13.2. The SMILES string of the molecule is O=C(NCCN1CCOCC1)c1cc(N2CCOCC2)ncn1. The van der Waals surface area contributed by atoms with E-state index in [-0.39, 0.29) is 5.91 Å². The fourth-order valence-electron chi connectivity index (χ4n) is 2.68. The first-order valence-electron chi connectivity index (χ1n) is 8.06. The van der Waals surface area contributed by atoms with Gasteiger partial charge in [-0.05, 0) is 0 Å². The highest BCUT2D eigenvalue weighted by Gasteiger charge is 2.16. The molecule has 3 heterocycles. The van der Waals surface area contributed by atoms with Gasteiger partial charge in [0.25, 0.3) is 5.91 Å². The van der Waals surface area contributed by atoms with Crippen molar-refractivity contribution in [2.45, 2.75) is 0 Å². The first-order chi connectivity index (χ1) is 11.3. The van der Waals surface area contributed by atoms with Gasteiger partial charge in [-0.15, -0.1) is 0 Å². The molecule has 0 atom stereocenters. The summed E-state index contributed by atoms with van der Waals surface area (Å²) >= 11 is 0. The topological polar surface area (TPSA) is 79.8 Å². The fourth-order valence-corrected chi connectivity index (χ4v) is 2.68. The molecule has 0 spiro atoms. The largest absolute Gasteiger partial charge is 0.379 e. The second-order valence-corrected chi connectivity index (χ2v) is 5.57. The van der Waals surface area contributed by atoms with Crippen molar-refractivity contribution in [3.05, 3.63) is 18.1 Å². The van der Waals surface area contributed by atoms with Gasteiger partial charge in [0, 0.05) is 45.3 Å². The third-order valence-corrected chi connectivity index (χ3v) is 4.04. The van der Waals surface area contributed by atoms with Crippen molar-refractivity contribution < 1.29 is 14.3 Å². The van der Waals surface area contributed by atoms with Crippen LogP contribution < -0.4 is 10.2 Å². The molecule has 1 aromatic heterocycles. The minimum absolute atomic E-state index is 0.157. The number of morpholine rings is 2. The summed E-state index contributed by atoms with van der Waals surface area (Å²) in [6.45, 7) is 7.76. The number of rotatable bonds is 5. The van der Waals surface area contributed by atoms with Gasteiger partial charge in [-0.2, -0.15) is 0 Å². The molecule has 1 aromatic rings. The molecule has 8 nitrogen and oxygen atoms in total. The summed E-state index contributed by atoms with van der Waals surface area (Å²) in [4.78, 5) is 25.0. The van der Waals surface area contributed by atoms with E-state index in [2.05, 4.69) is 25.1 Å². The first-order valence-corrected chi connectivity index (χ1v) is 8.06. The van der Waals surface area contributed by atoms with Crippen LogP contribution in [0.1, 0.15) is 10.5 Å². The Kier molecular flexibility index (Phi) is 5.73. The lowest BCUT2D eigenvalue weighted by molar-refractivity contribution is 0.0383. The molecule has 1 amide bonds. The molecule has 23 heavy (non-hydrogen) atoms. The Balaban J connectivity index is 1.50. The monoisotopic (exact) mass is 321 g/mol. The predicted octanol–water partition coefficient (Wildman–Crippen LogP) is -0.625. The minimum atomic E-state index is -0.157. The van der Waals surface area contributed by atoms with Crippen molar-refractivity contribution in [3.63, 3.8) is 0 Å². The summed E-state index contributed by atoms with van der Waals surface area (Å²) in [6, 6.07) is 1.75. The van der Waals surface area contributed by atoms with Crippen LogP contribution in [0.2, 0.25) is 0 Å². The molecular formula is C15H23N5O3. The van der Waals surface area contributed by atoms with Gasteiger partial charge in [0.15, 0.2) is 0 Å². The lowest BCUT2D eigenvalue weighted by Gasteiger charge is -2.27. The number of hydrogen-bond donors (Lipinski definition) is 1. The molecule has 2 aliphatic heterocycles. The summed E-state index contributed by atoms with van der Waals surface area (Å²) in [5, 5.41) is 2.92. The molecule has 0 unspecified atom stereocenters. The van der Waals surface area contributed by atoms with Crippen molar-refractivity contribution in [2.24, 2.45) is 0 Å². The van der Waals surface area contributed by atoms with Crippen LogP contribution in [-0.4, -0.2) is 86.5 Å². The van der Waals surface area contributed by atoms with Crippen LogP contribution >= 0.6 is 0 Å². The molecule has 2 saturated heterocycles. The lowest BCUT2D eigenvalue weighted by Crippen LogP contribution is -2.41. The van der Waals surface area contributed by atoms with Gasteiger partial charge in [0.1, 0.15) is 17.8 Å². The number of aromatic nitrogens is 2. The Morgan fingerprint density at radius 3 is 2.52 bits per heavy atom. The Morgan fingerprint density at radius 2 is 1.78 bits per heavy atom. The number of carbonyl (C=O) groups excluding carboxylic acids is 1. The molecule has 2 aliphatic rings. The maximum absolute atomic E-state index is 12.2. The summed E-state index contributed by atoms with van der Waals surface area (Å²) < 4.78 is 10.6. The number of carbonyl (C=O) groups is 1. The molecule has 126 valence electrons. The van der Waals surface area contributed by atoms with Crippen LogP contribution in [0.25, 0.3) is 0 Å². The second kappa shape index (κ2) is 8.19. The third-order valence-electron chi connectivity index (χ3n) is 4.04. The highest BCUT2D eigenvalue weighted by Crippen LogP contribution is 2.12. The summed E-state index contributed by atoms with van der Waals surface area (Å²) in [5.74, 6) is 0.622. The molecule has 2 fully saturated rings. The zero-order valence-electron chi connectivity index (χ0n) is 13.2. The van der Waals surface area contributed by atoms with Crippen LogP contribution in [0.15, 0.2) is 12.4 Å². The van der Waals surface area contributed by atoms with Gasteiger partial charge in [-0.25, -0.2) is 9.97 Å². The van der Waals surface area contributed by atoms with Crippen molar-refractivity contribution in [3.8, 4) is 0 Å².